The van der Waals surface area contributed by atoms with Crippen molar-refractivity contribution in [2.45, 2.75) is 26.3 Å². The maximum absolute atomic E-state index is 11.9. The molecule has 4 heteroatoms. The highest BCUT2D eigenvalue weighted by Crippen LogP contribution is 2.21. The summed E-state index contributed by atoms with van der Waals surface area (Å²) in [4.78, 5) is 13.8. The monoisotopic (exact) mass is 219 g/mol. The normalized spacial score (nSPS) is 23.3. The summed E-state index contributed by atoms with van der Waals surface area (Å²) in [5, 5.41) is 0. The summed E-state index contributed by atoms with van der Waals surface area (Å²) < 4.78 is 5.35. The summed E-state index contributed by atoms with van der Waals surface area (Å²) in [5.74, 6) is 0.411. The molecule has 0 aromatic heterocycles. The highest BCUT2D eigenvalue weighted by molar-refractivity contribution is 6.19. The second-order valence-corrected chi connectivity index (χ2v) is 4.72. The van der Waals surface area contributed by atoms with E-state index in [-0.39, 0.29) is 17.4 Å². The first-order valence-electron chi connectivity index (χ1n) is 4.94. The zero-order valence-electron chi connectivity index (χ0n) is 9.05. The Morgan fingerprint density at radius 2 is 2.29 bits per heavy atom. The van der Waals surface area contributed by atoms with Crippen LogP contribution in [0.25, 0.3) is 0 Å². The van der Waals surface area contributed by atoms with Gasteiger partial charge in [-0.1, -0.05) is 6.92 Å². The molecule has 0 N–H and O–H groups in total. The number of halogens is 1. The van der Waals surface area contributed by atoms with E-state index in [9.17, 15) is 4.79 Å². The summed E-state index contributed by atoms with van der Waals surface area (Å²) in [6.07, 6.45) is 0. The van der Waals surface area contributed by atoms with Gasteiger partial charge in [-0.25, -0.2) is 0 Å². The first-order chi connectivity index (χ1) is 6.49. The maximum atomic E-state index is 11.9. The van der Waals surface area contributed by atoms with Crippen molar-refractivity contribution in [1.29, 1.82) is 0 Å². The van der Waals surface area contributed by atoms with Crippen molar-refractivity contribution in [2.75, 3.05) is 25.6 Å². The van der Waals surface area contributed by atoms with Crippen molar-refractivity contribution in [1.82, 2.24) is 4.90 Å². The van der Waals surface area contributed by atoms with Crippen LogP contribution >= 0.6 is 11.6 Å². The van der Waals surface area contributed by atoms with E-state index in [1.807, 2.05) is 25.7 Å². The molecule has 1 rings (SSSR count). The number of carbonyl (C=O) groups excluding carboxylic acids is 1. The van der Waals surface area contributed by atoms with Crippen LogP contribution in [0.2, 0.25) is 0 Å². The summed E-state index contributed by atoms with van der Waals surface area (Å²) >= 11 is 5.68. The van der Waals surface area contributed by atoms with Crippen LogP contribution in [-0.4, -0.2) is 42.0 Å². The molecular formula is C10H18ClNO2. The molecule has 14 heavy (non-hydrogen) atoms. The number of rotatable bonds is 2. The molecule has 0 aliphatic carbocycles. The minimum atomic E-state index is -0.199. The van der Waals surface area contributed by atoms with Gasteiger partial charge in [-0.2, -0.15) is 0 Å². The van der Waals surface area contributed by atoms with Crippen molar-refractivity contribution in [3.8, 4) is 0 Å². The molecule has 1 heterocycles. The molecule has 3 nitrogen and oxygen atoms in total. The van der Waals surface area contributed by atoms with E-state index < -0.39 is 0 Å². The van der Waals surface area contributed by atoms with Gasteiger partial charge in [0.15, 0.2) is 0 Å². The molecule has 0 bridgehead atoms. The molecule has 1 amide bonds. The van der Waals surface area contributed by atoms with E-state index in [2.05, 4.69) is 0 Å². The zero-order valence-corrected chi connectivity index (χ0v) is 9.80. The Labute approximate surface area is 90.4 Å². The predicted molar refractivity (Wildman–Crippen MR) is 56.5 cm³/mol. The molecule has 0 saturated carbocycles. The number of hydrogen-bond donors (Lipinski definition) is 0. The standard InChI is InChI=1S/C10H18ClNO2/c1-8(6-11)9(13)12-4-5-14-7-10(12,2)3/h8H,4-7H2,1-3H3. The van der Waals surface area contributed by atoms with E-state index >= 15 is 0 Å². The van der Waals surface area contributed by atoms with Crippen LogP contribution in [0.1, 0.15) is 20.8 Å². The molecule has 1 fully saturated rings. The molecule has 1 aliphatic heterocycles. The highest BCUT2D eigenvalue weighted by Gasteiger charge is 2.35. The van der Waals surface area contributed by atoms with Gasteiger partial charge in [0.1, 0.15) is 0 Å². The minimum absolute atomic E-state index is 0.103. The van der Waals surface area contributed by atoms with E-state index in [1.165, 1.54) is 0 Å². The SMILES string of the molecule is CC(CCl)C(=O)N1CCOCC1(C)C. The summed E-state index contributed by atoms with van der Waals surface area (Å²) in [6, 6.07) is 0. The number of nitrogens with zero attached hydrogens (tertiary/aromatic N) is 1. The fraction of sp³-hybridized carbons (Fsp3) is 0.900. The van der Waals surface area contributed by atoms with Gasteiger partial charge in [-0.3, -0.25) is 4.79 Å². The largest absolute Gasteiger partial charge is 0.377 e. The number of morpholine rings is 1. The molecule has 0 aromatic carbocycles. The molecule has 1 aliphatic rings. The van der Waals surface area contributed by atoms with Crippen LogP contribution in [0.5, 0.6) is 0 Å². The van der Waals surface area contributed by atoms with Gasteiger partial charge in [0.05, 0.1) is 18.8 Å². The first-order valence-corrected chi connectivity index (χ1v) is 5.47. The Hall–Kier alpha value is -0.280. The van der Waals surface area contributed by atoms with Crippen molar-refractivity contribution in [3.05, 3.63) is 0 Å². The lowest BCUT2D eigenvalue weighted by Gasteiger charge is -2.43. The van der Waals surface area contributed by atoms with E-state index in [1.54, 1.807) is 0 Å². The molecule has 82 valence electrons. The fourth-order valence-corrected chi connectivity index (χ4v) is 1.73. The number of alkyl halides is 1. The van der Waals surface area contributed by atoms with Gasteiger partial charge in [0.25, 0.3) is 0 Å². The third kappa shape index (κ3) is 2.39. The second-order valence-electron chi connectivity index (χ2n) is 4.41. The second kappa shape index (κ2) is 4.49. The Kier molecular flexibility index (Phi) is 3.78. The Balaban J connectivity index is 2.69. The summed E-state index contributed by atoms with van der Waals surface area (Å²) in [5.41, 5.74) is -0.199. The number of hydrogen-bond acceptors (Lipinski definition) is 2. The van der Waals surface area contributed by atoms with Crippen molar-refractivity contribution >= 4 is 17.5 Å². The maximum Gasteiger partial charge on any atom is 0.227 e. The van der Waals surface area contributed by atoms with Crippen LogP contribution < -0.4 is 0 Å². The topological polar surface area (TPSA) is 29.5 Å². The number of amides is 1. The molecule has 0 spiro atoms. The molecule has 1 unspecified atom stereocenters. The van der Waals surface area contributed by atoms with Gasteiger partial charge >= 0.3 is 0 Å². The quantitative estimate of drug-likeness (QED) is 0.659. The zero-order chi connectivity index (χ0) is 10.8. The molecule has 0 radical (unpaired) electrons. The van der Waals surface area contributed by atoms with Crippen LogP contribution in [-0.2, 0) is 9.53 Å². The van der Waals surface area contributed by atoms with Gasteiger partial charge < -0.3 is 9.64 Å². The average molecular weight is 220 g/mol. The molecular weight excluding hydrogens is 202 g/mol. The molecule has 0 aromatic rings. The minimum Gasteiger partial charge on any atom is -0.377 e. The third-order valence-corrected chi connectivity index (χ3v) is 3.03. The van der Waals surface area contributed by atoms with Gasteiger partial charge in [-0.05, 0) is 13.8 Å². The van der Waals surface area contributed by atoms with E-state index in [0.717, 1.165) is 0 Å². The summed E-state index contributed by atoms with van der Waals surface area (Å²) in [6.45, 7) is 7.81. The van der Waals surface area contributed by atoms with Crippen molar-refractivity contribution in [2.24, 2.45) is 5.92 Å². The fourth-order valence-electron chi connectivity index (χ4n) is 1.60. The lowest BCUT2D eigenvalue weighted by Crippen LogP contribution is -2.57. The summed E-state index contributed by atoms with van der Waals surface area (Å²) in [7, 11) is 0. The van der Waals surface area contributed by atoms with E-state index in [4.69, 9.17) is 16.3 Å². The molecule has 1 saturated heterocycles. The van der Waals surface area contributed by atoms with Gasteiger partial charge in [0, 0.05) is 18.3 Å². The van der Waals surface area contributed by atoms with Gasteiger partial charge in [-0.15, -0.1) is 11.6 Å². The third-order valence-electron chi connectivity index (χ3n) is 2.56. The Morgan fingerprint density at radius 1 is 1.64 bits per heavy atom. The first kappa shape index (κ1) is 11.8. The van der Waals surface area contributed by atoms with Crippen molar-refractivity contribution in [3.63, 3.8) is 0 Å². The number of carbonyl (C=O) groups is 1. The Morgan fingerprint density at radius 3 is 2.79 bits per heavy atom. The van der Waals surface area contributed by atoms with Gasteiger partial charge in [0.2, 0.25) is 5.91 Å². The van der Waals surface area contributed by atoms with Crippen LogP contribution in [0.3, 0.4) is 0 Å². The van der Waals surface area contributed by atoms with Crippen molar-refractivity contribution < 1.29 is 9.53 Å². The Bertz CT molecular complexity index is 218. The highest BCUT2D eigenvalue weighted by atomic mass is 35.5. The predicted octanol–water partition coefficient (Wildman–Crippen LogP) is 1.50. The van der Waals surface area contributed by atoms with Crippen LogP contribution in [0.4, 0.5) is 0 Å². The molecule has 1 atom stereocenters. The number of ether oxygens (including phenoxy) is 1. The van der Waals surface area contributed by atoms with E-state index in [0.29, 0.717) is 25.6 Å². The lowest BCUT2D eigenvalue weighted by atomic mass is 10.00. The smallest absolute Gasteiger partial charge is 0.227 e. The van der Waals surface area contributed by atoms with Crippen LogP contribution in [0, 0.1) is 5.92 Å². The van der Waals surface area contributed by atoms with Crippen LogP contribution in [0.15, 0.2) is 0 Å². The lowest BCUT2D eigenvalue weighted by molar-refractivity contribution is -0.149. The average Bonchev–Trinajstić information content (AvgIpc) is 2.15.